The van der Waals surface area contributed by atoms with E-state index < -0.39 is 72.4 Å². The molecule has 3 aliphatic rings. The first-order valence-corrected chi connectivity index (χ1v) is 12.7. The van der Waals surface area contributed by atoms with Crippen molar-refractivity contribution >= 4 is 41.4 Å². The number of terminal acetylenes is 2. The van der Waals surface area contributed by atoms with Gasteiger partial charge in [-0.05, 0) is 18.3 Å². The maximum Gasteiger partial charge on any atom is 0.334 e. The molecule has 0 aromatic rings. The van der Waals surface area contributed by atoms with E-state index in [0.717, 1.165) is 5.06 Å². The van der Waals surface area contributed by atoms with Gasteiger partial charge in [0.2, 0.25) is 18.1 Å². The largest absolute Gasteiger partial charge is 0.371 e. The van der Waals surface area contributed by atoms with E-state index in [9.17, 15) is 38.7 Å². The zero-order chi connectivity index (χ0) is 30.1. The topological polar surface area (TPSA) is 204 Å². The second-order valence-electron chi connectivity index (χ2n) is 9.20. The van der Waals surface area contributed by atoms with Crippen LogP contribution in [0.15, 0.2) is 0 Å². The fourth-order valence-corrected chi connectivity index (χ4v) is 4.00. The lowest BCUT2D eigenvalue weighted by Crippen LogP contribution is -2.47. The predicted molar refractivity (Wildman–Crippen MR) is 132 cm³/mol. The number of aliphatic hydroxyl groups excluding tert-OH is 1. The summed E-state index contributed by atoms with van der Waals surface area (Å²) in [5.74, 6) is -2.25. The average Bonchev–Trinajstić information content (AvgIpc) is 3.54. The van der Waals surface area contributed by atoms with Crippen LogP contribution in [0.5, 0.6) is 0 Å². The highest BCUT2D eigenvalue weighted by atomic mass is 16.9. The molecule has 0 saturated carbocycles. The lowest BCUT2D eigenvalue weighted by atomic mass is 10.1. The highest BCUT2D eigenvalue weighted by molar-refractivity contribution is 6.01. The zero-order valence-corrected chi connectivity index (χ0v) is 21.9. The maximum absolute atomic E-state index is 13.5. The third-order valence-corrected chi connectivity index (χ3v) is 6.30. The first-order valence-electron chi connectivity index (χ1n) is 12.7. The summed E-state index contributed by atoms with van der Waals surface area (Å²) in [5.41, 5.74) is 0. The van der Waals surface area contributed by atoms with Gasteiger partial charge in [0.25, 0.3) is 23.6 Å². The van der Waals surface area contributed by atoms with E-state index in [4.69, 9.17) is 27.3 Å². The van der Waals surface area contributed by atoms with Crippen LogP contribution < -0.4 is 10.6 Å². The Balaban J connectivity index is 1.64. The van der Waals surface area contributed by atoms with Crippen LogP contribution in [0.1, 0.15) is 38.5 Å². The van der Waals surface area contributed by atoms with Crippen LogP contribution in [0.4, 0.5) is 0 Å². The summed E-state index contributed by atoms with van der Waals surface area (Å²) in [6.45, 7) is -0.800. The Labute approximate surface area is 234 Å². The van der Waals surface area contributed by atoms with Gasteiger partial charge >= 0.3 is 5.97 Å². The van der Waals surface area contributed by atoms with Crippen LogP contribution >= 0.6 is 0 Å². The molecule has 3 rings (SSSR count). The fourth-order valence-electron chi connectivity index (χ4n) is 4.00. The highest BCUT2D eigenvalue weighted by Crippen LogP contribution is 2.30. The Hall–Kier alpha value is -4.51. The van der Waals surface area contributed by atoms with Gasteiger partial charge in [-0.1, -0.05) is 0 Å². The number of imide groups is 1. The van der Waals surface area contributed by atoms with Crippen molar-refractivity contribution < 1.29 is 53.1 Å². The predicted octanol–water partition coefficient (Wildman–Crippen LogP) is -3.09. The second-order valence-corrected chi connectivity index (χ2v) is 9.20. The Morgan fingerprint density at radius 1 is 1.00 bits per heavy atom. The van der Waals surface area contributed by atoms with E-state index in [2.05, 4.69) is 10.6 Å². The van der Waals surface area contributed by atoms with Gasteiger partial charge in [-0.25, -0.2) is 9.63 Å². The number of rotatable bonds is 14. The molecule has 0 spiro atoms. The molecule has 16 heteroatoms. The molecule has 6 amide bonds. The monoisotopic (exact) mass is 575 g/mol. The molecular formula is C25H29N5O11. The first-order chi connectivity index (χ1) is 19.5. The molecule has 3 atom stereocenters. The summed E-state index contributed by atoms with van der Waals surface area (Å²) in [7, 11) is 0. The standard InChI is InChI=1S/C25H29N5O11/c1-3-17(31)26-13-15(14-27-18(32)4-2)24(38)28(12-10-23(37)40-29-19(33)5-6-20(29)34)11-9-16-25(39-16)41-30-21(35)7-8-22(30)36/h1-2,15-16,21,25,35H,5-14H2,(H,26,31)(H,27,32). The summed E-state index contributed by atoms with van der Waals surface area (Å²) >= 11 is 0. The lowest BCUT2D eigenvalue weighted by molar-refractivity contribution is -0.238. The quantitative estimate of drug-likeness (QED) is 0.108. The van der Waals surface area contributed by atoms with E-state index in [1.807, 2.05) is 11.8 Å². The van der Waals surface area contributed by atoms with E-state index in [1.165, 1.54) is 4.90 Å². The molecule has 0 radical (unpaired) electrons. The normalized spacial score (nSPS) is 21.4. The van der Waals surface area contributed by atoms with Gasteiger partial charge in [0.1, 0.15) is 6.10 Å². The molecule has 0 aromatic carbocycles. The molecule has 3 heterocycles. The van der Waals surface area contributed by atoms with E-state index in [-0.39, 0.29) is 58.3 Å². The number of amides is 6. The molecule has 0 aliphatic carbocycles. The van der Waals surface area contributed by atoms with E-state index >= 15 is 0 Å². The summed E-state index contributed by atoms with van der Waals surface area (Å²) in [6.07, 6.45) is 7.55. The number of carbonyl (C=O) groups excluding carboxylic acids is 7. The summed E-state index contributed by atoms with van der Waals surface area (Å²) in [5, 5.41) is 15.8. The van der Waals surface area contributed by atoms with Crippen LogP contribution in [0.3, 0.4) is 0 Å². The molecule has 16 nitrogen and oxygen atoms in total. The molecule has 3 unspecified atom stereocenters. The minimum absolute atomic E-state index is 0.0165. The SMILES string of the molecule is C#CC(=O)NCC(CNC(=O)C#C)C(=O)N(CCC(=O)ON1C(=O)CCC1=O)CCC1OC1ON1C(=O)CCC1O. The molecule has 3 aliphatic heterocycles. The van der Waals surface area contributed by atoms with Gasteiger partial charge in [-0.2, -0.15) is 5.06 Å². The molecule has 220 valence electrons. The van der Waals surface area contributed by atoms with Crippen molar-refractivity contribution in [2.24, 2.45) is 5.92 Å². The number of hydrogen-bond acceptors (Lipinski definition) is 11. The lowest BCUT2D eigenvalue weighted by Gasteiger charge is -2.27. The minimum Gasteiger partial charge on any atom is -0.371 e. The summed E-state index contributed by atoms with van der Waals surface area (Å²) in [6, 6.07) is 0. The average molecular weight is 576 g/mol. The van der Waals surface area contributed by atoms with Crippen molar-refractivity contribution in [2.75, 3.05) is 26.2 Å². The fraction of sp³-hybridized carbons (Fsp3) is 0.560. The van der Waals surface area contributed by atoms with Crippen molar-refractivity contribution in [1.82, 2.24) is 25.7 Å². The van der Waals surface area contributed by atoms with Gasteiger partial charge in [0.05, 0.1) is 12.3 Å². The summed E-state index contributed by atoms with van der Waals surface area (Å²) in [4.78, 5) is 95.8. The van der Waals surface area contributed by atoms with Crippen LogP contribution in [-0.2, 0) is 48.0 Å². The molecule has 0 bridgehead atoms. The van der Waals surface area contributed by atoms with Crippen molar-refractivity contribution in [3.63, 3.8) is 0 Å². The van der Waals surface area contributed by atoms with Crippen LogP contribution in [0, 0.1) is 30.6 Å². The Kier molecular flexibility index (Phi) is 10.8. The Morgan fingerprint density at radius 3 is 2.15 bits per heavy atom. The number of nitrogens with one attached hydrogen (secondary N) is 2. The van der Waals surface area contributed by atoms with Gasteiger partial charge in [-0.15, -0.1) is 17.9 Å². The molecular weight excluding hydrogens is 546 g/mol. The van der Waals surface area contributed by atoms with Gasteiger partial charge in [-0.3, -0.25) is 28.8 Å². The Morgan fingerprint density at radius 2 is 1.61 bits per heavy atom. The van der Waals surface area contributed by atoms with Crippen molar-refractivity contribution in [1.29, 1.82) is 0 Å². The van der Waals surface area contributed by atoms with Gasteiger partial charge in [0.15, 0.2) is 6.23 Å². The maximum atomic E-state index is 13.5. The molecule has 0 aromatic heterocycles. The van der Waals surface area contributed by atoms with Gasteiger partial charge < -0.3 is 30.2 Å². The third-order valence-electron chi connectivity index (χ3n) is 6.30. The number of hydroxylamine groups is 4. The smallest absolute Gasteiger partial charge is 0.334 e. The molecule has 3 fully saturated rings. The van der Waals surface area contributed by atoms with Crippen LogP contribution in [0.2, 0.25) is 0 Å². The molecule has 3 saturated heterocycles. The zero-order valence-electron chi connectivity index (χ0n) is 21.9. The summed E-state index contributed by atoms with van der Waals surface area (Å²) < 4.78 is 5.39. The third kappa shape index (κ3) is 8.74. The number of ether oxygens (including phenoxy) is 1. The van der Waals surface area contributed by atoms with Gasteiger partial charge in [0, 0.05) is 51.9 Å². The second kappa shape index (κ2) is 14.2. The number of aliphatic hydroxyl groups is 1. The van der Waals surface area contributed by atoms with E-state index in [0.29, 0.717) is 5.06 Å². The number of hydrogen-bond donors (Lipinski definition) is 3. The van der Waals surface area contributed by atoms with Crippen molar-refractivity contribution in [2.45, 2.75) is 57.1 Å². The number of epoxide rings is 1. The van der Waals surface area contributed by atoms with Crippen LogP contribution in [-0.4, -0.2) is 106 Å². The first kappa shape index (κ1) is 31.0. The highest BCUT2D eigenvalue weighted by Gasteiger charge is 2.45. The van der Waals surface area contributed by atoms with E-state index in [1.54, 1.807) is 0 Å². The number of nitrogens with zero attached hydrogens (tertiary/aromatic N) is 3. The molecule has 3 N–H and O–H groups in total. The minimum atomic E-state index is -1.09. The van der Waals surface area contributed by atoms with Crippen molar-refractivity contribution in [3.8, 4) is 24.7 Å². The van der Waals surface area contributed by atoms with Crippen LogP contribution in [0.25, 0.3) is 0 Å². The van der Waals surface area contributed by atoms with Crippen molar-refractivity contribution in [3.05, 3.63) is 0 Å². The number of carbonyl (C=O) groups is 7. The Bertz CT molecular complexity index is 1130. The molecule has 41 heavy (non-hydrogen) atoms.